The van der Waals surface area contributed by atoms with Crippen LogP contribution in [0.15, 0.2) is 0 Å². The maximum absolute atomic E-state index is 9.66. The Morgan fingerprint density at radius 3 is 2.57 bits per heavy atom. The van der Waals surface area contributed by atoms with E-state index < -0.39 is 30.4 Å². The molecule has 0 spiro atoms. The fourth-order valence-corrected chi connectivity index (χ4v) is 2.51. The van der Waals surface area contributed by atoms with Crippen molar-refractivity contribution in [1.82, 2.24) is 4.90 Å². The van der Waals surface area contributed by atoms with Gasteiger partial charge in [0.1, 0.15) is 18.2 Å². The molecule has 2 aliphatic rings. The van der Waals surface area contributed by atoms with E-state index in [0.29, 0.717) is 13.0 Å². The number of aliphatic hydroxyl groups is 3. The van der Waals surface area contributed by atoms with E-state index in [2.05, 4.69) is 0 Å². The zero-order chi connectivity index (χ0) is 10.3. The summed E-state index contributed by atoms with van der Waals surface area (Å²) in [6.45, 7) is 0.661. The first-order valence-electron chi connectivity index (χ1n) is 4.86. The topological polar surface area (TPSA) is 87.7 Å². The molecule has 0 unspecified atom stereocenters. The number of hydrogen-bond donors (Lipinski definition) is 3. The average molecular weight is 198 g/mol. The number of hydrogen-bond acceptors (Lipinski definition) is 5. The third kappa shape index (κ3) is 1.23. The minimum Gasteiger partial charge on any atom is -0.391 e. The summed E-state index contributed by atoms with van der Waals surface area (Å²) in [4.78, 5) is 1.71. The second-order valence-electron chi connectivity index (χ2n) is 3.99. The van der Waals surface area contributed by atoms with E-state index in [9.17, 15) is 15.3 Å². The Bertz CT molecular complexity index is 265. The van der Waals surface area contributed by atoms with Crippen LogP contribution in [0.2, 0.25) is 0 Å². The van der Waals surface area contributed by atoms with Crippen LogP contribution in [0.1, 0.15) is 12.8 Å². The minimum atomic E-state index is -1.06. The summed E-state index contributed by atoms with van der Waals surface area (Å²) < 4.78 is 0. The van der Waals surface area contributed by atoms with Crippen LogP contribution in [0.5, 0.6) is 0 Å². The zero-order valence-electron chi connectivity index (χ0n) is 7.74. The molecule has 5 nitrogen and oxygen atoms in total. The number of nitrogens with zero attached hydrogens (tertiary/aromatic N) is 2. The summed E-state index contributed by atoms with van der Waals surface area (Å²) >= 11 is 0. The molecule has 2 rings (SSSR count). The molecule has 3 N–H and O–H groups in total. The van der Waals surface area contributed by atoms with Crippen LogP contribution in [0.3, 0.4) is 0 Å². The van der Waals surface area contributed by atoms with Crippen LogP contribution in [0.4, 0.5) is 0 Å². The summed E-state index contributed by atoms with van der Waals surface area (Å²) in [7, 11) is 0. The van der Waals surface area contributed by atoms with Crippen molar-refractivity contribution in [3.63, 3.8) is 0 Å². The predicted octanol–water partition coefficient (Wildman–Crippen LogP) is -1.56. The van der Waals surface area contributed by atoms with Crippen molar-refractivity contribution < 1.29 is 15.3 Å². The molecule has 0 radical (unpaired) electrons. The Labute approximate surface area is 82.2 Å². The molecule has 5 heteroatoms. The number of fused-ring (bicyclic) bond motifs is 1. The minimum absolute atomic E-state index is 0.469. The summed E-state index contributed by atoms with van der Waals surface area (Å²) in [5.74, 6) is 0. The van der Waals surface area contributed by atoms with Gasteiger partial charge in [-0.25, -0.2) is 0 Å². The van der Waals surface area contributed by atoms with Gasteiger partial charge in [-0.05, 0) is 12.8 Å². The van der Waals surface area contributed by atoms with Gasteiger partial charge in [-0.2, -0.15) is 5.26 Å². The Morgan fingerprint density at radius 2 is 1.93 bits per heavy atom. The van der Waals surface area contributed by atoms with Gasteiger partial charge >= 0.3 is 0 Å². The Balaban J connectivity index is 2.25. The van der Waals surface area contributed by atoms with E-state index in [1.54, 1.807) is 4.90 Å². The third-order valence-corrected chi connectivity index (χ3v) is 3.21. The first-order chi connectivity index (χ1) is 6.66. The van der Waals surface area contributed by atoms with Crippen LogP contribution >= 0.6 is 0 Å². The SMILES string of the molecule is N#C[C@@H]1[C@@H](O)[C@@H](O)[C@H]2[C@H](O)CCCN21. The standard InChI is InChI=1S/C9H14N2O3/c10-4-5-8(13)9(14)7-6(12)2-1-3-11(5)7/h5-9,12-14H,1-3H2/t5-,6-,7-,8-,9+/m1/s1. The second-order valence-corrected chi connectivity index (χ2v) is 3.99. The van der Waals surface area contributed by atoms with E-state index in [1.165, 1.54) is 0 Å². The Kier molecular flexibility index (Phi) is 2.45. The van der Waals surface area contributed by atoms with E-state index in [1.807, 2.05) is 6.07 Å². The fourth-order valence-electron chi connectivity index (χ4n) is 2.51. The van der Waals surface area contributed by atoms with Crippen LogP contribution in [0.25, 0.3) is 0 Å². The van der Waals surface area contributed by atoms with Crippen molar-refractivity contribution in [1.29, 1.82) is 5.26 Å². The molecule has 0 aromatic rings. The van der Waals surface area contributed by atoms with Crippen LogP contribution in [-0.2, 0) is 0 Å². The molecule has 2 saturated heterocycles. The highest BCUT2D eigenvalue weighted by Crippen LogP contribution is 2.32. The number of nitriles is 1. The molecule has 2 aliphatic heterocycles. The molecule has 0 amide bonds. The van der Waals surface area contributed by atoms with Crippen LogP contribution in [-0.4, -0.2) is 57.2 Å². The lowest BCUT2D eigenvalue weighted by Gasteiger charge is -2.35. The zero-order valence-corrected chi connectivity index (χ0v) is 7.74. The lowest BCUT2D eigenvalue weighted by Crippen LogP contribution is -2.50. The average Bonchev–Trinajstić information content (AvgIpc) is 2.41. The van der Waals surface area contributed by atoms with Gasteiger partial charge in [0, 0.05) is 6.54 Å². The largest absolute Gasteiger partial charge is 0.391 e. The molecule has 0 bridgehead atoms. The van der Waals surface area contributed by atoms with E-state index in [4.69, 9.17) is 5.26 Å². The summed E-state index contributed by atoms with van der Waals surface area (Å²) in [6, 6.07) is 0.824. The van der Waals surface area contributed by atoms with Crippen molar-refractivity contribution in [3.8, 4) is 6.07 Å². The van der Waals surface area contributed by atoms with Gasteiger partial charge in [0.15, 0.2) is 0 Å². The van der Waals surface area contributed by atoms with Crippen LogP contribution in [0, 0.1) is 11.3 Å². The highest BCUT2D eigenvalue weighted by atomic mass is 16.3. The molecule has 0 saturated carbocycles. The highest BCUT2D eigenvalue weighted by Gasteiger charge is 2.51. The maximum Gasteiger partial charge on any atom is 0.127 e. The normalized spacial score (nSPS) is 48.6. The van der Waals surface area contributed by atoms with Crippen molar-refractivity contribution in [2.45, 2.75) is 43.2 Å². The molecule has 2 heterocycles. The molecule has 5 atom stereocenters. The highest BCUT2D eigenvalue weighted by molar-refractivity contribution is 5.12. The lowest BCUT2D eigenvalue weighted by molar-refractivity contribution is -0.0286. The van der Waals surface area contributed by atoms with Crippen molar-refractivity contribution in [2.24, 2.45) is 0 Å². The fraction of sp³-hybridized carbons (Fsp3) is 0.889. The third-order valence-electron chi connectivity index (χ3n) is 3.21. The Hall–Kier alpha value is -0.670. The second kappa shape index (κ2) is 3.48. The first kappa shape index (κ1) is 9.87. The van der Waals surface area contributed by atoms with Crippen molar-refractivity contribution >= 4 is 0 Å². The molecule has 78 valence electrons. The monoisotopic (exact) mass is 198 g/mol. The summed E-state index contributed by atoms with van der Waals surface area (Å²) in [6.07, 6.45) is -1.27. The van der Waals surface area contributed by atoms with Crippen molar-refractivity contribution in [3.05, 3.63) is 0 Å². The van der Waals surface area contributed by atoms with Gasteiger partial charge < -0.3 is 15.3 Å². The summed E-state index contributed by atoms with van der Waals surface area (Å²) in [5, 5.41) is 37.7. The molecule has 14 heavy (non-hydrogen) atoms. The van der Waals surface area contributed by atoms with Gasteiger partial charge in [0.2, 0.25) is 0 Å². The van der Waals surface area contributed by atoms with Gasteiger partial charge in [-0.1, -0.05) is 0 Å². The van der Waals surface area contributed by atoms with Gasteiger partial charge in [-0.15, -0.1) is 0 Å². The Morgan fingerprint density at radius 1 is 1.21 bits per heavy atom. The quantitative estimate of drug-likeness (QED) is 0.438. The van der Waals surface area contributed by atoms with Gasteiger partial charge in [-0.3, -0.25) is 4.90 Å². The predicted molar refractivity (Wildman–Crippen MR) is 47.1 cm³/mol. The number of aliphatic hydroxyl groups excluding tert-OH is 3. The smallest absolute Gasteiger partial charge is 0.127 e. The molecule has 2 fully saturated rings. The van der Waals surface area contributed by atoms with Gasteiger partial charge in [0.25, 0.3) is 0 Å². The summed E-state index contributed by atoms with van der Waals surface area (Å²) in [5.41, 5.74) is 0. The first-order valence-corrected chi connectivity index (χ1v) is 4.86. The molecular formula is C9H14N2O3. The van der Waals surface area contributed by atoms with Gasteiger partial charge in [0.05, 0.1) is 18.2 Å². The van der Waals surface area contributed by atoms with Crippen molar-refractivity contribution in [2.75, 3.05) is 6.54 Å². The van der Waals surface area contributed by atoms with E-state index >= 15 is 0 Å². The molecule has 0 aromatic heterocycles. The lowest BCUT2D eigenvalue weighted by atomic mass is 9.97. The number of rotatable bonds is 0. The van der Waals surface area contributed by atoms with E-state index in [0.717, 1.165) is 6.42 Å². The van der Waals surface area contributed by atoms with Crippen LogP contribution < -0.4 is 0 Å². The molecule has 0 aliphatic carbocycles. The molecule has 0 aromatic carbocycles. The maximum atomic E-state index is 9.66. The molecular weight excluding hydrogens is 184 g/mol. The van der Waals surface area contributed by atoms with E-state index in [-0.39, 0.29) is 0 Å². The number of piperidine rings is 1.